The number of hydrogen-bond donors (Lipinski definition) is 1. The number of nitrogens with zero attached hydrogens (tertiary/aromatic N) is 2. The van der Waals surface area contributed by atoms with Crippen molar-refractivity contribution < 1.29 is 9.53 Å². The Labute approximate surface area is 136 Å². The lowest BCUT2D eigenvalue weighted by atomic mass is 9.98. The number of ether oxygens (including phenoxy) is 1. The number of nitrogens with one attached hydrogen (secondary N) is 1. The molecule has 0 aliphatic heterocycles. The minimum Gasteiger partial charge on any atom is -0.368 e. The molecule has 1 saturated carbocycles. The monoisotopic (exact) mass is 311 g/mol. The molecule has 1 N–H and O–H groups in total. The van der Waals surface area contributed by atoms with Gasteiger partial charge in [0.25, 0.3) is 0 Å². The van der Waals surface area contributed by atoms with Crippen molar-refractivity contribution in [2.24, 2.45) is 0 Å². The second kappa shape index (κ2) is 7.83. The fourth-order valence-electron chi connectivity index (χ4n) is 2.82. The van der Waals surface area contributed by atoms with Gasteiger partial charge in [0.15, 0.2) is 0 Å². The van der Waals surface area contributed by atoms with E-state index in [1.807, 2.05) is 24.3 Å². The summed E-state index contributed by atoms with van der Waals surface area (Å²) in [5.74, 6) is -0.105. The van der Waals surface area contributed by atoms with E-state index in [-0.39, 0.29) is 18.6 Å². The lowest BCUT2D eigenvalue weighted by Gasteiger charge is -2.21. The van der Waals surface area contributed by atoms with Crippen LogP contribution in [0.3, 0.4) is 0 Å². The molecule has 2 aromatic rings. The minimum absolute atomic E-state index is 0.105. The molecule has 0 unspecified atom stereocenters. The van der Waals surface area contributed by atoms with Crippen molar-refractivity contribution in [3.8, 4) is 11.1 Å². The first kappa shape index (κ1) is 15.6. The predicted octanol–water partition coefficient (Wildman–Crippen LogP) is 3.43. The van der Waals surface area contributed by atoms with Crippen molar-refractivity contribution in [1.29, 1.82) is 0 Å². The van der Waals surface area contributed by atoms with Crippen LogP contribution >= 0.6 is 0 Å². The summed E-state index contributed by atoms with van der Waals surface area (Å²) in [6.07, 6.45) is 11.1. The van der Waals surface area contributed by atoms with E-state index in [9.17, 15) is 4.79 Å². The molecule has 1 aliphatic carbocycles. The van der Waals surface area contributed by atoms with Gasteiger partial charge >= 0.3 is 0 Å². The van der Waals surface area contributed by atoms with Crippen molar-refractivity contribution in [3.63, 3.8) is 0 Å². The second-order valence-corrected chi connectivity index (χ2v) is 5.82. The number of amides is 1. The number of hydrogen-bond acceptors (Lipinski definition) is 4. The highest BCUT2D eigenvalue weighted by Crippen LogP contribution is 2.21. The summed E-state index contributed by atoms with van der Waals surface area (Å²) in [7, 11) is 0. The average molecular weight is 311 g/mol. The molecule has 0 bridgehead atoms. The van der Waals surface area contributed by atoms with Gasteiger partial charge in [-0.25, -0.2) is 9.97 Å². The fourth-order valence-corrected chi connectivity index (χ4v) is 2.82. The Bertz CT molecular complexity index is 622. The second-order valence-electron chi connectivity index (χ2n) is 5.82. The molecule has 23 heavy (non-hydrogen) atoms. The van der Waals surface area contributed by atoms with E-state index in [1.165, 1.54) is 25.6 Å². The first-order valence-corrected chi connectivity index (χ1v) is 8.08. The molecule has 5 nitrogen and oxygen atoms in total. The molecule has 0 spiro atoms. The van der Waals surface area contributed by atoms with Crippen LogP contribution in [0.15, 0.2) is 43.0 Å². The zero-order valence-electron chi connectivity index (χ0n) is 13.1. The Balaban J connectivity index is 1.50. The number of rotatable bonds is 5. The summed E-state index contributed by atoms with van der Waals surface area (Å²) in [5.41, 5.74) is 2.73. The third-order valence-corrected chi connectivity index (χ3v) is 4.06. The van der Waals surface area contributed by atoms with Gasteiger partial charge < -0.3 is 10.1 Å². The zero-order valence-corrected chi connectivity index (χ0v) is 13.1. The molecule has 0 saturated heterocycles. The van der Waals surface area contributed by atoms with Gasteiger partial charge in [0, 0.05) is 23.6 Å². The topological polar surface area (TPSA) is 64.1 Å². The normalized spacial score (nSPS) is 15.3. The quantitative estimate of drug-likeness (QED) is 0.919. The predicted molar refractivity (Wildman–Crippen MR) is 88.9 cm³/mol. The van der Waals surface area contributed by atoms with Crippen molar-refractivity contribution in [3.05, 3.63) is 43.0 Å². The van der Waals surface area contributed by atoms with E-state index in [4.69, 9.17) is 4.74 Å². The van der Waals surface area contributed by atoms with E-state index < -0.39 is 0 Å². The molecule has 3 rings (SSSR count). The Morgan fingerprint density at radius 2 is 1.74 bits per heavy atom. The standard InChI is InChI=1S/C18H21N3O2/c22-18(12-23-17-4-2-1-3-5-17)21-16-8-6-14(7-9-16)15-10-19-13-20-11-15/h6-11,13,17H,1-5,12H2,(H,21,22). The van der Waals surface area contributed by atoms with Crippen LogP contribution in [0.5, 0.6) is 0 Å². The summed E-state index contributed by atoms with van der Waals surface area (Å²) < 4.78 is 5.68. The van der Waals surface area contributed by atoms with Crippen LogP contribution in [0.25, 0.3) is 11.1 Å². The van der Waals surface area contributed by atoms with Crippen molar-refractivity contribution >= 4 is 11.6 Å². The number of aromatic nitrogens is 2. The first-order valence-electron chi connectivity index (χ1n) is 8.08. The maximum absolute atomic E-state index is 12.0. The number of benzene rings is 1. The van der Waals surface area contributed by atoms with Gasteiger partial charge in [-0.1, -0.05) is 31.4 Å². The molecule has 0 radical (unpaired) electrons. The summed E-state index contributed by atoms with van der Waals surface area (Å²) >= 11 is 0. The summed E-state index contributed by atoms with van der Waals surface area (Å²) in [6.45, 7) is 0.124. The van der Waals surface area contributed by atoms with Gasteiger partial charge in [0.1, 0.15) is 12.9 Å². The van der Waals surface area contributed by atoms with E-state index in [2.05, 4.69) is 15.3 Å². The Hall–Kier alpha value is -2.27. The molecule has 120 valence electrons. The lowest BCUT2D eigenvalue weighted by Crippen LogP contribution is -2.24. The van der Waals surface area contributed by atoms with Gasteiger partial charge in [0.2, 0.25) is 5.91 Å². The highest BCUT2D eigenvalue weighted by atomic mass is 16.5. The van der Waals surface area contributed by atoms with Crippen molar-refractivity contribution in [1.82, 2.24) is 9.97 Å². The van der Waals surface area contributed by atoms with Crippen molar-refractivity contribution in [2.75, 3.05) is 11.9 Å². The Kier molecular flexibility index (Phi) is 5.32. The van der Waals surface area contributed by atoms with Crippen LogP contribution in [0.2, 0.25) is 0 Å². The van der Waals surface area contributed by atoms with Gasteiger partial charge in [-0.2, -0.15) is 0 Å². The fraction of sp³-hybridized carbons (Fsp3) is 0.389. The third kappa shape index (κ3) is 4.60. The van der Waals surface area contributed by atoms with Crippen LogP contribution in [0, 0.1) is 0 Å². The molecule has 0 atom stereocenters. The average Bonchev–Trinajstić information content (AvgIpc) is 2.62. The van der Waals surface area contributed by atoms with E-state index in [0.717, 1.165) is 29.7 Å². The maximum atomic E-state index is 12.0. The van der Waals surface area contributed by atoms with Gasteiger partial charge in [-0.05, 0) is 30.5 Å². The number of carbonyl (C=O) groups excluding carboxylic acids is 1. The minimum atomic E-state index is -0.105. The number of anilines is 1. The largest absolute Gasteiger partial charge is 0.368 e. The Morgan fingerprint density at radius 3 is 2.43 bits per heavy atom. The number of carbonyl (C=O) groups is 1. The van der Waals surface area contributed by atoms with Gasteiger partial charge in [-0.15, -0.1) is 0 Å². The molecular weight excluding hydrogens is 290 g/mol. The molecule has 1 aromatic carbocycles. The highest BCUT2D eigenvalue weighted by molar-refractivity contribution is 5.91. The van der Waals surface area contributed by atoms with Crippen LogP contribution in [0.4, 0.5) is 5.69 Å². The van der Waals surface area contributed by atoms with Crippen LogP contribution in [-0.2, 0) is 9.53 Å². The molecule has 1 aliphatic rings. The smallest absolute Gasteiger partial charge is 0.250 e. The molecular formula is C18H21N3O2. The zero-order chi connectivity index (χ0) is 15.9. The van der Waals surface area contributed by atoms with E-state index >= 15 is 0 Å². The third-order valence-electron chi connectivity index (χ3n) is 4.06. The van der Waals surface area contributed by atoms with Crippen LogP contribution in [-0.4, -0.2) is 28.6 Å². The highest BCUT2D eigenvalue weighted by Gasteiger charge is 2.15. The van der Waals surface area contributed by atoms with Crippen LogP contribution in [0.1, 0.15) is 32.1 Å². The van der Waals surface area contributed by atoms with Gasteiger partial charge in [-0.3, -0.25) is 4.79 Å². The summed E-state index contributed by atoms with van der Waals surface area (Å²) in [5, 5.41) is 2.86. The summed E-state index contributed by atoms with van der Waals surface area (Å²) in [6, 6.07) is 7.63. The van der Waals surface area contributed by atoms with Gasteiger partial charge in [0.05, 0.1) is 6.10 Å². The molecule has 1 amide bonds. The van der Waals surface area contributed by atoms with E-state index in [0.29, 0.717) is 0 Å². The van der Waals surface area contributed by atoms with Crippen LogP contribution < -0.4 is 5.32 Å². The summed E-state index contributed by atoms with van der Waals surface area (Å²) in [4.78, 5) is 20.0. The molecule has 1 fully saturated rings. The first-order chi connectivity index (χ1) is 11.3. The lowest BCUT2D eigenvalue weighted by molar-refractivity contribution is -0.123. The molecule has 1 heterocycles. The van der Waals surface area contributed by atoms with E-state index in [1.54, 1.807) is 12.4 Å². The maximum Gasteiger partial charge on any atom is 0.250 e. The SMILES string of the molecule is O=C(COC1CCCCC1)Nc1ccc(-c2cncnc2)cc1. The molecule has 1 aromatic heterocycles. The Morgan fingerprint density at radius 1 is 1.04 bits per heavy atom. The molecule has 5 heteroatoms. The van der Waals surface area contributed by atoms with Crippen molar-refractivity contribution in [2.45, 2.75) is 38.2 Å².